The largest absolute Gasteiger partial charge is 0.347 e. The average molecular weight is 370 g/mol. The van der Waals surface area contributed by atoms with Crippen LogP contribution in [0.1, 0.15) is 42.3 Å². The van der Waals surface area contributed by atoms with Gasteiger partial charge in [-0.2, -0.15) is 10.1 Å². The number of likely N-dealkylation sites (tertiary alicyclic amines) is 1. The van der Waals surface area contributed by atoms with Crippen molar-refractivity contribution in [2.24, 2.45) is 13.0 Å². The molecule has 0 unspecified atom stereocenters. The molecule has 1 aliphatic heterocycles. The molecule has 27 heavy (non-hydrogen) atoms. The van der Waals surface area contributed by atoms with Gasteiger partial charge in [0.15, 0.2) is 0 Å². The monoisotopic (exact) mass is 370 g/mol. The van der Waals surface area contributed by atoms with Crippen molar-refractivity contribution in [3.63, 3.8) is 0 Å². The lowest BCUT2D eigenvalue weighted by molar-refractivity contribution is -0.129. The van der Waals surface area contributed by atoms with Crippen LogP contribution in [0.4, 0.5) is 5.82 Å². The van der Waals surface area contributed by atoms with Crippen molar-refractivity contribution in [3.8, 4) is 0 Å². The maximum atomic E-state index is 13.0. The standard InChI is InChI=1S/C18H22N6O3/c1-9-6-14(22-18(27)20-9)21-17(26)12-7-15(25)24(11-4-5-11)16(12)13-8-19-23(3)10(13)2/h6,8,11-12,16H,4-5,7H2,1-3H3,(H2,20,21,22,26,27)/t12-,16-/m0/s1. The summed E-state index contributed by atoms with van der Waals surface area (Å²) in [6, 6.07) is 1.45. The number of aromatic amines is 1. The summed E-state index contributed by atoms with van der Waals surface area (Å²) in [4.78, 5) is 45.4. The van der Waals surface area contributed by atoms with Gasteiger partial charge in [-0.1, -0.05) is 0 Å². The van der Waals surface area contributed by atoms with Gasteiger partial charge in [-0.3, -0.25) is 14.3 Å². The Morgan fingerprint density at radius 2 is 2.04 bits per heavy atom. The Hall–Kier alpha value is -2.97. The van der Waals surface area contributed by atoms with E-state index in [2.05, 4.69) is 20.4 Å². The minimum atomic E-state index is -0.553. The lowest BCUT2D eigenvalue weighted by Crippen LogP contribution is -2.34. The number of nitrogens with one attached hydrogen (secondary N) is 2. The van der Waals surface area contributed by atoms with Crippen LogP contribution in [0.2, 0.25) is 0 Å². The number of aromatic nitrogens is 4. The van der Waals surface area contributed by atoms with E-state index in [1.165, 1.54) is 0 Å². The molecule has 0 spiro atoms. The quantitative estimate of drug-likeness (QED) is 0.827. The summed E-state index contributed by atoms with van der Waals surface area (Å²) in [7, 11) is 1.84. The van der Waals surface area contributed by atoms with Crippen LogP contribution in [-0.2, 0) is 16.6 Å². The number of anilines is 1. The van der Waals surface area contributed by atoms with Gasteiger partial charge in [-0.15, -0.1) is 0 Å². The number of rotatable bonds is 4. The van der Waals surface area contributed by atoms with Crippen molar-refractivity contribution in [3.05, 3.63) is 39.7 Å². The first-order valence-electron chi connectivity index (χ1n) is 9.03. The third-order valence-electron chi connectivity index (χ3n) is 5.36. The third-order valence-corrected chi connectivity index (χ3v) is 5.36. The zero-order valence-corrected chi connectivity index (χ0v) is 15.5. The lowest BCUT2D eigenvalue weighted by Gasteiger charge is -2.27. The van der Waals surface area contributed by atoms with E-state index >= 15 is 0 Å². The molecular formula is C18H22N6O3. The second kappa shape index (κ2) is 6.33. The minimum Gasteiger partial charge on any atom is -0.332 e. The van der Waals surface area contributed by atoms with Crippen LogP contribution in [0, 0.1) is 19.8 Å². The lowest BCUT2D eigenvalue weighted by atomic mass is 9.93. The number of carbonyl (C=O) groups excluding carboxylic acids is 2. The van der Waals surface area contributed by atoms with Crippen LogP contribution in [-0.4, -0.2) is 42.5 Å². The second-order valence-electron chi connectivity index (χ2n) is 7.34. The van der Waals surface area contributed by atoms with Crippen molar-refractivity contribution in [2.75, 3.05) is 5.32 Å². The van der Waals surface area contributed by atoms with Crippen LogP contribution in [0.5, 0.6) is 0 Å². The molecule has 2 atom stereocenters. The Kier molecular flexibility index (Phi) is 4.09. The molecule has 2 aliphatic rings. The van der Waals surface area contributed by atoms with Gasteiger partial charge in [-0.05, 0) is 26.7 Å². The molecule has 2 aromatic rings. The van der Waals surface area contributed by atoms with E-state index < -0.39 is 11.6 Å². The number of amides is 2. The molecule has 2 aromatic heterocycles. The van der Waals surface area contributed by atoms with Crippen LogP contribution in [0.3, 0.4) is 0 Å². The molecule has 9 heteroatoms. The predicted molar refractivity (Wildman–Crippen MR) is 96.9 cm³/mol. The maximum Gasteiger partial charge on any atom is 0.347 e. The molecule has 0 bridgehead atoms. The van der Waals surface area contributed by atoms with Gasteiger partial charge < -0.3 is 15.2 Å². The van der Waals surface area contributed by atoms with Crippen molar-refractivity contribution < 1.29 is 9.59 Å². The molecule has 4 rings (SSSR count). The van der Waals surface area contributed by atoms with E-state index in [1.807, 2.05) is 18.9 Å². The highest BCUT2D eigenvalue weighted by atomic mass is 16.2. The van der Waals surface area contributed by atoms with Gasteiger partial charge in [0.05, 0.1) is 18.2 Å². The van der Waals surface area contributed by atoms with Gasteiger partial charge in [0.1, 0.15) is 5.82 Å². The molecule has 0 aromatic carbocycles. The van der Waals surface area contributed by atoms with Crippen LogP contribution < -0.4 is 11.0 Å². The molecule has 1 saturated heterocycles. The van der Waals surface area contributed by atoms with E-state index in [0.29, 0.717) is 5.69 Å². The van der Waals surface area contributed by atoms with Gasteiger partial charge >= 0.3 is 5.69 Å². The highest BCUT2D eigenvalue weighted by Gasteiger charge is 2.50. The van der Waals surface area contributed by atoms with Gasteiger partial charge in [-0.25, -0.2) is 4.79 Å². The predicted octanol–water partition coefficient (Wildman–Crippen LogP) is 0.811. The minimum absolute atomic E-state index is 0.0130. The summed E-state index contributed by atoms with van der Waals surface area (Å²) in [5.74, 6) is -0.680. The maximum absolute atomic E-state index is 13.0. The fraction of sp³-hybridized carbons (Fsp3) is 0.500. The van der Waals surface area contributed by atoms with E-state index in [-0.39, 0.29) is 36.1 Å². The van der Waals surface area contributed by atoms with Crippen LogP contribution in [0.15, 0.2) is 17.1 Å². The summed E-state index contributed by atoms with van der Waals surface area (Å²) < 4.78 is 1.75. The second-order valence-corrected chi connectivity index (χ2v) is 7.34. The van der Waals surface area contributed by atoms with Gasteiger partial charge in [0.2, 0.25) is 11.8 Å². The number of aryl methyl sites for hydroxylation is 2. The highest BCUT2D eigenvalue weighted by Crippen LogP contribution is 2.45. The fourth-order valence-corrected chi connectivity index (χ4v) is 3.81. The van der Waals surface area contributed by atoms with E-state index in [4.69, 9.17) is 0 Å². The zero-order chi connectivity index (χ0) is 19.3. The number of nitrogens with zero attached hydrogens (tertiary/aromatic N) is 4. The molecule has 3 heterocycles. The van der Waals surface area contributed by atoms with Gasteiger partial charge in [0, 0.05) is 42.5 Å². The summed E-state index contributed by atoms with van der Waals surface area (Å²) in [5, 5.41) is 7.01. The summed E-state index contributed by atoms with van der Waals surface area (Å²) in [6.45, 7) is 3.65. The van der Waals surface area contributed by atoms with Gasteiger partial charge in [0.25, 0.3) is 0 Å². The van der Waals surface area contributed by atoms with Crippen LogP contribution in [0.25, 0.3) is 0 Å². The molecule has 2 amide bonds. The zero-order valence-electron chi connectivity index (χ0n) is 15.5. The summed E-state index contributed by atoms with van der Waals surface area (Å²) >= 11 is 0. The van der Waals surface area contributed by atoms with Crippen LogP contribution >= 0.6 is 0 Å². The van der Waals surface area contributed by atoms with Crippen molar-refractivity contribution >= 4 is 17.6 Å². The normalized spacial score (nSPS) is 22.3. The number of hydrogen-bond acceptors (Lipinski definition) is 5. The fourth-order valence-electron chi connectivity index (χ4n) is 3.81. The summed E-state index contributed by atoms with van der Waals surface area (Å²) in [5.41, 5.74) is 1.91. The van der Waals surface area contributed by atoms with Crippen molar-refractivity contribution in [1.82, 2.24) is 24.6 Å². The molecule has 142 valence electrons. The van der Waals surface area contributed by atoms with Crippen molar-refractivity contribution in [1.29, 1.82) is 0 Å². The highest BCUT2D eigenvalue weighted by molar-refractivity contribution is 5.97. The Balaban J connectivity index is 1.67. The van der Waals surface area contributed by atoms with E-state index in [9.17, 15) is 14.4 Å². The molecule has 2 fully saturated rings. The Bertz CT molecular complexity index is 974. The first-order valence-corrected chi connectivity index (χ1v) is 9.03. The average Bonchev–Trinajstić information content (AvgIpc) is 3.29. The first-order chi connectivity index (χ1) is 12.8. The molecule has 2 N–H and O–H groups in total. The van der Waals surface area contributed by atoms with E-state index in [1.54, 1.807) is 23.9 Å². The Morgan fingerprint density at radius 3 is 2.63 bits per heavy atom. The molecule has 0 radical (unpaired) electrons. The molecular weight excluding hydrogens is 348 g/mol. The SMILES string of the molecule is Cc1cc(NC(=O)[C@H]2CC(=O)N(C3CC3)[C@@H]2c2cnn(C)c2C)nc(=O)[nH]1. The Labute approximate surface area is 155 Å². The number of carbonyl (C=O) groups is 2. The van der Waals surface area contributed by atoms with E-state index in [0.717, 1.165) is 24.1 Å². The third kappa shape index (κ3) is 3.13. The molecule has 1 aliphatic carbocycles. The Morgan fingerprint density at radius 1 is 1.30 bits per heavy atom. The molecule has 9 nitrogen and oxygen atoms in total. The van der Waals surface area contributed by atoms with Crippen molar-refractivity contribution in [2.45, 2.75) is 45.2 Å². The number of hydrogen-bond donors (Lipinski definition) is 2. The summed E-state index contributed by atoms with van der Waals surface area (Å²) in [6.07, 6.45) is 3.81. The topological polar surface area (TPSA) is 113 Å². The molecule has 1 saturated carbocycles. The first kappa shape index (κ1) is 17.4. The smallest absolute Gasteiger partial charge is 0.332 e. The number of H-pyrrole nitrogens is 1.